The Kier molecular flexibility index (Phi) is 3.82. The minimum atomic E-state index is -0.877. The van der Waals surface area contributed by atoms with Gasteiger partial charge in [-0.15, -0.1) is 0 Å². The molecule has 0 fully saturated rings. The van der Waals surface area contributed by atoms with Crippen LogP contribution in [0, 0.1) is 0 Å². The Morgan fingerprint density at radius 3 is 2.67 bits per heavy atom. The lowest BCUT2D eigenvalue weighted by atomic mass is 9.92. The summed E-state index contributed by atoms with van der Waals surface area (Å²) < 4.78 is 2.11. The lowest BCUT2D eigenvalue weighted by Crippen LogP contribution is -2.26. The fraction of sp³-hybridized carbons (Fsp3) is 0.400. The largest absolute Gasteiger partial charge is 0.385 e. The predicted octanol–water partition coefficient (Wildman–Crippen LogP) is 2.74. The molecule has 0 bridgehead atoms. The van der Waals surface area contributed by atoms with Gasteiger partial charge in [0.2, 0.25) is 0 Å². The summed E-state index contributed by atoms with van der Waals surface area (Å²) in [6, 6.07) is 9.75. The second-order valence-corrected chi connectivity index (χ2v) is 4.85. The standard InChI is InChI=1S/C15H20N2O/c1-3-10-17-11-9-16-14(17)12-15(2,18)13-7-5-4-6-8-13/h4-9,11,18H,3,10,12H2,1-2H3. The van der Waals surface area contributed by atoms with Crippen LogP contribution in [0.15, 0.2) is 42.7 Å². The number of hydrogen-bond acceptors (Lipinski definition) is 2. The van der Waals surface area contributed by atoms with E-state index >= 15 is 0 Å². The summed E-state index contributed by atoms with van der Waals surface area (Å²) in [6.45, 7) is 4.92. The molecule has 1 unspecified atom stereocenters. The zero-order valence-electron chi connectivity index (χ0n) is 11.0. The molecule has 2 rings (SSSR count). The smallest absolute Gasteiger partial charge is 0.111 e. The van der Waals surface area contributed by atoms with Crippen LogP contribution in [-0.2, 0) is 18.6 Å². The highest BCUT2D eigenvalue weighted by molar-refractivity contribution is 5.22. The van der Waals surface area contributed by atoms with Crippen molar-refractivity contribution in [3.8, 4) is 0 Å². The van der Waals surface area contributed by atoms with E-state index in [0.717, 1.165) is 24.4 Å². The molecule has 0 radical (unpaired) electrons. The quantitative estimate of drug-likeness (QED) is 0.878. The molecule has 0 saturated carbocycles. The number of benzene rings is 1. The molecule has 0 aliphatic carbocycles. The van der Waals surface area contributed by atoms with E-state index in [-0.39, 0.29) is 0 Å². The number of nitrogens with zero attached hydrogens (tertiary/aromatic N) is 2. The van der Waals surface area contributed by atoms with Gasteiger partial charge in [-0.05, 0) is 18.9 Å². The van der Waals surface area contributed by atoms with E-state index in [1.54, 1.807) is 6.20 Å². The third-order valence-corrected chi connectivity index (χ3v) is 3.16. The Balaban J connectivity index is 2.19. The molecular weight excluding hydrogens is 224 g/mol. The maximum atomic E-state index is 10.6. The molecule has 0 aliphatic heterocycles. The van der Waals surface area contributed by atoms with Crippen LogP contribution in [0.25, 0.3) is 0 Å². The van der Waals surface area contributed by atoms with E-state index in [2.05, 4.69) is 16.5 Å². The van der Waals surface area contributed by atoms with Crippen molar-refractivity contribution in [3.05, 3.63) is 54.1 Å². The number of aliphatic hydroxyl groups is 1. The van der Waals surface area contributed by atoms with Gasteiger partial charge in [0, 0.05) is 25.4 Å². The molecule has 2 aromatic rings. The second kappa shape index (κ2) is 5.36. The number of rotatable bonds is 5. The van der Waals surface area contributed by atoms with Gasteiger partial charge in [-0.2, -0.15) is 0 Å². The Bertz CT molecular complexity index is 488. The van der Waals surface area contributed by atoms with Crippen molar-refractivity contribution in [1.29, 1.82) is 0 Å². The van der Waals surface area contributed by atoms with Crippen LogP contribution in [0.4, 0.5) is 0 Å². The molecule has 0 aliphatic rings. The summed E-state index contributed by atoms with van der Waals surface area (Å²) in [6.07, 6.45) is 5.37. The van der Waals surface area contributed by atoms with Crippen molar-refractivity contribution in [1.82, 2.24) is 9.55 Å². The number of aryl methyl sites for hydroxylation is 1. The average molecular weight is 244 g/mol. The Morgan fingerprint density at radius 2 is 2.00 bits per heavy atom. The number of imidazole rings is 1. The summed E-state index contributed by atoms with van der Waals surface area (Å²) in [7, 11) is 0. The van der Waals surface area contributed by atoms with Gasteiger partial charge in [0.15, 0.2) is 0 Å². The molecule has 18 heavy (non-hydrogen) atoms. The van der Waals surface area contributed by atoms with Crippen molar-refractivity contribution in [3.63, 3.8) is 0 Å². The molecule has 1 aromatic carbocycles. The van der Waals surface area contributed by atoms with Gasteiger partial charge in [0.05, 0.1) is 5.60 Å². The fourth-order valence-corrected chi connectivity index (χ4v) is 2.16. The van der Waals surface area contributed by atoms with Gasteiger partial charge in [0.1, 0.15) is 5.82 Å². The summed E-state index contributed by atoms with van der Waals surface area (Å²) >= 11 is 0. The zero-order chi connectivity index (χ0) is 13.0. The van der Waals surface area contributed by atoms with Gasteiger partial charge in [-0.1, -0.05) is 37.3 Å². The summed E-state index contributed by atoms with van der Waals surface area (Å²) in [5.74, 6) is 0.936. The Hall–Kier alpha value is -1.61. The van der Waals surface area contributed by atoms with Crippen molar-refractivity contribution in [2.45, 2.75) is 38.8 Å². The minimum Gasteiger partial charge on any atom is -0.385 e. The van der Waals surface area contributed by atoms with Gasteiger partial charge in [0.25, 0.3) is 0 Å². The van der Waals surface area contributed by atoms with E-state index in [9.17, 15) is 5.11 Å². The van der Waals surface area contributed by atoms with E-state index < -0.39 is 5.60 Å². The van der Waals surface area contributed by atoms with E-state index in [1.807, 2.05) is 43.5 Å². The molecule has 96 valence electrons. The van der Waals surface area contributed by atoms with Crippen LogP contribution >= 0.6 is 0 Å². The maximum absolute atomic E-state index is 10.6. The van der Waals surface area contributed by atoms with Crippen molar-refractivity contribution in [2.24, 2.45) is 0 Å². The lowest BCUT2D eigenvalue weighted by molar-refractivity contribution is 0.0545. The third-order valence-electron chi connectivity index (χ3n) is 3.16. The van der Waals surface area contributed by atoms with Crippen LogP contribution in [-0.4, -0.2) is 14.7 Å². The topological polar surface area (TPSA) is 38.0 Å². The van der Waals surface area contributed by atoms with Crippen molar-refractivity contribution < 1.29 is 5.11 Å². The second-order valence-electron chi connectivity index (χ2n) is 4.85. The zero-order valence-corrected chi connectivity index (χ0v) is 11.0. The fourth-order valence-electron chi connectivity index (χ4n) is 2.16. The molecule has 1 heterocycles. The van der Waals surface area contributed by atoms with Gasteiger partial charge in [-0.3, -0.25) is 0 Å². The summed E-state index contributed by atoms with van der Waals surface area (Å²) in [4.78, 5) is 4.35. The highest BCUT2D eigenvalue weighted by Crippen LogP contribution is 2.24. The Labute approximate surface area is 108 Å². The molecule has 1 atom stereocenters. The number of hydrogen-bond donors (Lipinski definition) is 1. The van der Waals surface area contributed by atoms with E-state index in [0.29, 0.717) is 6.42 Å². The third kappa shape index (κ3) is 2.79. The first kappa shape index (κ1) is 12.8. The maximum Gasteiger partial charge on any atom is 0.111 e. The molecule has 0 saturated heterocycles. The highest BCUT2D eigenvalue weighted by atomic mass is 16.3. The lowest BCUT2D eigenvalue weighted by Gasteiger charge is -2.24. The van der Waals surface area contributed by atoms with Crippen LogP contribution < -0.4 is 0 Å². The van der Waals surface area contributed by atoms with E-state index in [1.165, 1.54) is 0 Å². The first-order valence-electron chi connectivity index (χ1n) is 6.41. The van der Waals surface area contributed by atoms with Crippen LogP contribution in [0.2, 0.25) is 0 Å². The molecular formula is C15H20N2O. The van der Waals surface area contributed by atoms with Crippen LogP contribution in [0.3, 0.4) is 0 Å². The van der Waals surface area contributed by atoms with Gasteiger partial charge < -0.3 is 9.67 Å². The highest BCUT2D eigenvalue weighted by Gasteiger charge is 2.25. The van der Waals surface area contributed by atoms with E-state index in [4.69, 9.17) is 0 Å². The average Bonchev–Trinajstić information content (AvgIpc) is 2.78. The molecule has 0 spiro atoms. The van der Waals surface area contributed by atoms with Crippen LogP contribution in [0.5, 0.6) is 0 Å². The van der Waals surface area contributed by atoms with Gasteiger partial charge in [-0.25, -0.2) is 4.98 Å². The van der Waals surface area contributed by atoms with Crippen molar-refractivity contribution in [2.75, 3.05) is 0 Å². The van der Waals surface area contributed by atoms with Crippen LogP contribution in [0.1, 0.15) is 31.7 Å². The number of aromatic nitrogens is 2. The summed E-state index contributed by atoms with van der Waals surface area (Å²) in [5.41, 5.74) is 0.0500. The first-order valence-corrected chi connectivity index (χ1v) is 6.41. The first-order chi connectivity index (χ1) is 8.63. The molecule has 0 amide bonds. The molecule has 3 heteroatoms. The predicted molar refractivity (Wildman–Crippen MR) is 72.2 cm³/mol. The normalized spacial score (nSPS) is 14.4. The van der Waals surface area contributed by atoms with Crippen molar-refractivity contribution >= 4 is 0 Å². The van der Waals surface area contributed by atoms with Gasteiger partial charge >= 0.3 is 0 Å². The monoisotopic (exact) mass is 244 g/mol. The molecule has 3 nitrogen and oxygen atoms in total. The molecule has 1 aromatic heterocycles. The Morgan fingerprint density at radius 1 is 1.28 bits per heavy atom. The minimum absolute atomic E-state index is 0.532. The summed E-state index contributed by atoms with van der Waals surface area (Å²) in [5, 5.41) is 10.6. The SMILES string of the molecule is CCCn1ccnc1CC(C)(O)c1ccccc1. The molecule has 1 N–H and O–H groups in total.